The van der Waals surface area contributed by atoms with Crippen LogP contribution in [0, 0.1) is 6.92 Å². The van der Waals surface area contributed by atoms with Gasteiger partial charge in [-0.1, -0.05) is 24.3 Å². The second-order valence-corrected chi connectivity index (χ2v) is 5.89. The lowest BCUT2D eigenvalue weighted by Gasteiger charge is -2.06. The number of alkyl halides is 1. The van der Waals surface area contributed by atoms with Crippen LogP contribution in [0.5, 0.6) is 0 Å². The van der Waals surface area contributed by atoms with Crippen molar-refractivity contribution in [2.75, 3.05) is 19.0 Å². The van der Waals surface area contributed by atoms with Crippen molar-refractivity contribution in [1.82, 2.24) is 10.3 Å². The maximum absolute atomic E-state index is 11.2. The van der Waals surface area contributed by atoms with Gasteiger partial charge in [0.1, 0.15) is 6.61 Å². The van der Waals surface area contributed by atoms with Crippen LogP contribution >= 0.6 is 22.9 Å². The Hall–Kier alpha value is -1.59. The fraction of sp³-hybridized carbons (Fsp3) is 0.333. The van der Waals surface area contributed by atoms with Gasteiger partial charge in [-0.2, -0.15) is 0 Å². The molecule has 0 aliphatic heterocycles. The van der Waals surface area contributed by atoms with Crippen molar-refractivity contribution in [2.24, 2.45) is 0 Å². The maximum atomic E-state index is 11.2. The number of carbonyl (C=O) groups excluding carboxylic acids is 1. The maximum Gasteiger partial charge on any atom is 0.407 e. The number of benzene rings is 1. The monoisotopic (exact) mass is 324 g/mol. The third kappa shape index (κ3) is 5.02. The molecular weight excluding hydrogens is 308 g/mol. The molecule has 0 saturated heterocycles. The highest BCUT2D eigenvalue weighted by Gasteiger charge is 2.03. The van der Waals surface area contributed by atoms with Crippen LogP contribution in [-0.4, -0.2) is 30.1 Å². The Morgan fingerprint density at radius 2 is 2.14 bits per heavy atom. The molecule has 112 valence electrons. The van der Waals surface area contributed by atoms with Gasteiger partial charge in [-0.05, 0) is 18.9 Å². The molecule has 0 saturated carbocycles. The summed E-state index contributed by atoms with van der Waals surface area (Å²) in [5, 5.41) is 5.80. The first kappa shape index (κ1) is 15.8. The van der Waals surface area contributed by atoms with E-state index in [1.807, 2.05) is 6.92 Å². The number of hydrogen-bond donors (Lipinski definition) is 1. The molecule has 1 heterocycles. The largest absolute Gasteiger partial charge is 0.448 e. The third-order valence-corrected chi connectivity index (χ3v) is 3.79. The van der Waals surface area contributed by atoms with Crippen molar-refractivity contribution >= 4 is 29.0 Å². The van der Waals surface area contributed by atoms with Gasteiger partial charge in [-0.3, -0.25) is 0 Å². The molecule has 0 atom stereocenters. The molecule has 0 spiro atoms. The van der Waals surface area contributed by atoms with Crippen LogP contribution in [0.4, 0.5) is 4.79 Å². The smallest absolute Gasteiger partial charge is 0.407 e. The second-order valence-electron chi connectivity index (χ2n) is 4.45. The molecule has 1 amide bonds. The van der Waals surface area contributed by atoms with Crippen LogP contribution in [0.25, 0.3) is 11.3 Å². The summed E-state index contributed by atoms with van der Waals surface area (Å²) in [5.74, 6) is 0.310. The Kier molecular flexibility index (Phi) is 6.02. The summed E-state index contributed by atoms with van der Waals surface area (Å²) < 4.78 is 4.82. The van der Waals surface area contributed by atoms with E-state index in [2.05, 4.69) is 39.9 Å². The number of rotatable bonds is 6. The van der Waals surface area contributed by atoms with Gasteiger partial charge in [-0.25, -0.2) is 9.78 Å². The van der Waals surface area contributed by atoms with Gasteiger partial charge in [0.15, 0.2) is 0 Å². The van der Waals surface area contributed by atoms with E-state index in [1.165, 1.54) is 0 Å². The lowest BCUT2D eigenvalue weighted by atomic mass is 10.1. The molecular formula is C15H17ClN2O2S. The molecule has 1 aromatic carbocycles. The van der Waals surface area contributed by atoms with Crippen LogP contribution in [0.15, 0.2) is 29.6 Å². The van der Waals surface area contributed by atoms with Gasteiger partial charge in [0.05, 0.1) is 16.6 Å². The van der Waals surface area contributed by atoms with Crippen LogP contribution in [0.2, 0.25) is 0 Å². The summed E-state index contributed by atoms with van der Waals surface area (Å²) in [7, 11) is 0. The molecule has 6 heteroatoms. The molecule has 1 N–H and O–H groups in total. The summed E-state index contributed by atoms with van der Waals surface area (Å²) >= 11 is 7.08. The highest BCUT2D eigenvalue weighted by atomic mass is 35.5. The summed E-state index contributed by atoms with van der Waals surface area (Å²) in [6.45, 7) is 2.77. The van der Waals surface area contributed by atoms with Crippen LogP contribution in [0.3, 0.4) is 0 Å². The van der Waals surface area contributed by atoms with Crippen molar-refractivity contribution in [1.29, 1.82) is 0 Å². The van der Waals surface area contributed by atoms with E-state index in [0.29, 0.717) is 12.4 Å². The summed E-state index contributed by atoms with van der Waals surface area (Å²) in [6, 6.07) is 8.21. The number of aromatic nitrogens is 1. The van der Waals surface area contributed by atoms with E-state index >= 15 is 0 Å². The highest BCUT2D eigenvalue weighted by molar-refractivity contribution is 7.09. The lowest BCUT2D eigenvalue weighted by Crippen LogP contribution is -2.27. The van der Waals surface area contributed by atoms with Crippen LogP contribution in [0.1, 0.15) is 10.6 Å². The quantitative estimate of drug-likeness (QED) is 0.826. The zero-order valence-corrected chi connectivity index (χ0v) is 13.3. The number of halogens is 1. The van der Waals surface area contributed by atoms with Crippen molar-refractivity contribution in [2.45, 2.75) is 13.3 Å². The molecule has 0 aliphatic rings. The van der Waals surface area contributed by atoms with Gasteiger partial charge in [-0.15, -0.1) is 22.9 Å². The second kappa shape index (κ2) is 8.00. The SMILES string of the molecule is Cc1nc(-c2ccc(CCNC(=O)OCCCl)cc2)cs1. The first-order valence-corrected chi connectivity index (χ1v) is 8.08. The minimum Gasteiger partial charge on any atom is -0.448 e. The predicted octanol–water partition coefficient (Wildman–Crippen LogP) is 3.63. The standard InChI is InChI=1S/C15H17ClN2O2S/c1-11-18-14(10-21-11)13-4-2-12(3-5-13)6-8-17-15(19)20-9-7-16/h2-5,10H,6-9H2,1H3,(H,17,19). The Balaban J connectivity index is 1.81. The van der Waals surface area contributed by atoms with E-state index in [0.717, 1.165) is 28.2 Å². The number of hydrogen-bond acceptors (Lipinski definition) is 4. The minimum atomic E-state index is -0.426. The van der Waals surface area contributed by atoms with Gasteiger partial charge >= 0.3 is 6.09 Å². The number of alkyl carbamates (subject to hydrolysis) is 1. The molecule has 2 rings (SSSR count). The number of nitrogens with zero attached hydrogens (tertiary/aromatic N) is 1. The molecule has 2 aromatic rings. The highest BCUT2D eigenvalue weighted by Crippen LogP contribution is 2.21. The molecule has 0 radical (unpaired) electrons. The number of nitrogens with one attached hydrogen (secondary N) is 1. The summed E-state index contributed by atoms with van der Waals surface area (Å²) in [6.07, 6.45) is 0.331. The average Bonchev–Trinajstić information content (AvgIpc) is 2.92. The zero-order chi connectivity index (χ0) is 15.1. The van der Waals surface area contributed by atoms with Crippen molar-refractivity contribution in [3.8, 4) is 11.3 Å². The summed E-state index contributed by atoms with van der Waals surface area (Å²) in [5.41, 5.74) is 3.27. The van der Waals surface area contributed by atoms with Gasteiger partial charge < -0.3 is 10.1 Å². The number of carbonyl (C=O) groups is 1. The molecule has 0 aliphatic carbocycles. The van der Waals surface area contributed by atoms with Crippen LogP contribution in [-0.2, 0) is 11.2 Å². The lowest BCUT2D eigenvalue weighted by molar-refractivity contribution is 0.153. The normalized spacial score (nSPS) is 10.4. The Morgan fingerprint density at radius 1 is 1.38 bits per heavy atom. The van der Waals surface area contributed by atoms with E-state index in [1.54, 1.807) is 11.3 Å². The number of thiazole rings is 1. The first-order valence-electron chi connectivity index (χ1n) is 6.67. The Bertz CT molecular complexity index is 584. The predicted molar refractivity (Wildman–Crippen MR) is 86.1 cm³/mol. The summed E-state index contributed by atoms with van der Waals surface area (Å²) in [4.78, 5) is 15.7. The molecule has 21 heavy (non-hydrogen) atoms. The zero-order valence-electron chi connectivity index (χ0n) is 11.8. The third-order valence-electron chi connectivity index (χ3n) is 2.86. The minimum absolute atomic E-state index is 0.231. The van der Waals surface area contributed by atoms with E-state index in [-0.39, 0.29) is 6.61 Å². The fourth-order valence-electron chi connectivity index (χ4n) is 1.83. The number of amides is 1. The number of ether oxygens (including phenoxy) is 1. The molecule has 4 nitrogen and oxygen atoms in total. The van der Waals surface area contributed by atoms with Crippen molar-refractivity contribution < 1.29 is 9.53 Å². The van der Waals surface area contributed by atoms with E-state index in [9.17, 15) is 4.79 Å². The molecule has 1 aromatic heterocycles. The van der Waals surface area contributed by atoms with E-state index in [4.69, 9.17) is 16.3 Å². The molecule has 0 unspecified atom stereocenters. The van der Waals surface area contributed by atoms with Crippen molar-refractivity contribution in [3.63, 3.8) is 0 Å². The van der Waals surface area contributed by atoms with E-state index < -0.39 is 6.09 Å². The Labute approximate surface area is 133 Å². The fourth-order valence-corrected chi connectivity index (χ4v) is 2.53. The Morgan fingerprint density at radius 3 is 2.76 bits per heavy atom. The number of aryl methyl sites for hydroxylation is 1. The van der Waals surface area contributed by atoms with Crippen LogP contribution < -0.4 is 5.32 Å². The van der Waals surface area contributed by atoms with Gasteiger partial charge in [0.25, 0.3) is 0 Å². The van der Waals surface area contributed by atoms with Crippen molar-refractivity contribution in [3.05, 3.63) is 40.2 Å². The molecule has 0 fully saturated rings. The average molecular weight is 325 g/mol. The topological polar surface area (TPSA) is 51.2 Å². The first-order chi connectivity index (χ1) is 10.2. The van der Waals surface area contributed by atoms with Gasteiger partial charge in [0, 0.05) is 17.5 Å². The van der Waals surface area contributed by atoms with Gasteiger partial charge in [0.2, 0.25) is 0 Å². The molecule has 0 bridgehead atoms.